The lowest BCUT2D eigenvalue weighted by Gasteiger charge is -2.35. The molecule has 0 amide bonds. The topological polar surface area (TPSA) is 133 Å². The van der Waals surface area contributed by atoms with E-state index in [0.29, 0.717) is 16.7 Å². The van der Waals surface area contributed by atoms with E-state index in [1.807, 2.05) is 0 Å². The largest absolute Gasteiger partial charge is 0.459 e. The molecule has 168 valence electrons. The average molecular weight is 434 g/mol. The maximum Gasteiger partial charge on any atom is 0.351 e. The van der Waals surface area contributed by atoms with E-state index in [4.69, 9.17) is 14.2 Å². The van der Waals surface area contributed by atoms with Crippen LogP contribution in [0.25, 0.3) is 0 Å². The molecular formula is C22H26O9. The van der Waals surface area contributed by atoms with Crippen molar-refractivity contribution in [1.82, 2.24) is 0 Å². The molecule has 3 rings (SSSR count). The number of rotatable bonds is 4. The number of ether oxygens (including phenoxy) is 3. The third kappa shape index (κ3) is 3.50. The van der Waals surface area contributed by atoms with Crippen LogP contribution >= 0.6 is 0 Å². The van der Waals surface area contributed by atoms with Crippen LogP contribution in [0.1, 0.15) is 48.0 Å². The van der Waals surface area contributed by atoms with Crippen molar-refractivity contribution in [3.05, 3.63) is 22.8 Å². The highest BCUT2D eigenvalue weighted by atomic mass is 16.6. The van der Waals surface area contributed by atoms with Crippen LogP contribution in [-0.2, 0) is 38.2 Å². The Kier molecular flexibility index (Phi) is 5.46. The van der Waals surface area contributed by atoms with Gasteiger partial charge in [-0.15, -0.1) is 0 Å². The van der Waals surface area contributed by atoms with Gasteiger partial charge in [0.1, 0.15) is 12.2 Å². The van der Waals surface area contributed by atoms with E-state index in [1.165, 1.54) is 13.0 Å². The molecule has 9 heteroatoms. The minimum absolute atomic E-state index is 0.0348. The van der Waals surface area contributed by atoms with Crippen LogP contribution in [0.2, 0.25) is 0 Å². The molecule has 0 radical (unpaired) electrons. The molecule has 1 aliphatic heterocycles. The molecule has 1 heterocycles. The number of aliphatic hydroxyl groups is 1. The summed E-state index contributed by atoms with van der Waals surface area (Å²) in [6.45, 7) is 8.03. The zero-order valence-electron chi connectivity index (χ0n) is 18.3. The summed E-state index contributed by atoms with van der Waals surface area (Å²) >= 11 is 0. The summed E-state index contributed by atoms with van der Waals surface area (Å²) in [6.07, 6.45) is -0.527. The number of carbonyl (C=O) groups excluding carboxylic acids is 5. The number of allylic oxidation sites excluding steroid dienone is 1. The molecule has 9 nitrogen and oxygen atoms in total. The third-order valence-corrected chi connectivity index (χ3v) is 6.46. The van der Waals surface area contributed by atoms with E-state index in [0.717, 1.165) is 20.8 Å². The van der Waals surface area contributed by atoms with E-state index in [9.17, 15) is 29.1 Å². The van der Waals surface area contributed by atoms with Crippen molar-refractivity contribution in [1.29, 1.82) is 0 Å². The highest BCUT2D eigenvalue weighted by molar-refractivity contribution is 6.09. The van der Waals surface area contributed by atoms with Gasteiger partial charge in [-0.25, -0.2) is 9.59 Å². The van der Waals surface area contributed by atoms with Crippen LogP contribution < -0.4 is 0 Å². The average Bonchev–Trinajstić information content (AvgIpc) is 3.00. The number of hydrogen-bond donors (Lipinski definition) is 1. The fourth-order valence-corrected chi connectivity index (χ4v) is 4.72. The summed E-state index contributed by atoms with van der Waals surface area (Å²) in [6, 6.07) is 0. The molecule has 1 fully saturated rings. The molecule has 0 spiro atoms. The summed E-state index contributed by atoms with van der Waals surface area (Å²) < 4.78 is 16.5. The predicted molar refractivity (Wildman–Crippen MR) is 104 cm³/mol. The van der Waals surface area contributed by atoms with Gasteiger partial charge in [-0.3, -0.25) is 14.4 Å². The van der Waals surface area contributed by atoms with Crippen molar-refractivity contribution in [2.24, 2.45) is 11.8 Å². The number of carbonyl (C=O) groups is 5. The second kappa shape index (κ2) is 7.40. The molecule has 6 atom stereocenters. The molecule has 3 aliphatic rings. The van der Waals surface area contributed by atoms with Gasteiger partial charge in [0.25, 0.3) is 0 Å². The van der Waals surface area contributed by atoms with Crippen molar-refractivity contribution in [3.63, 3.8) is 0 Å². The van der Waals surface area contributed by atoms with Crippen molar-refractivity contribution in [2.75, 3.05) is 0 Å². The standard InChI is InChI=1S/C22H26O9/c1-9-7-13(25)15-10(2)8-14(29-19(26)21(5,28)11(3)23)17-18(16(9)15)30-20(27)22(17,6)31-12(4)24/h7,14,16-18,28H,8H2,1-6H3/t14-,16+,17+,18-,21?,22-/m0/s1. The van der Waals surface area contributed by atoms with Gasteiger partial charge in [-0.2, -0.15) is 0 Å². The summed E-state index contributed by atoms with van der Waals surface area (Å²) in [5.74, 6) is -5.33. The van der Waals surface area contributed by atoms with Crippen LogP contribution in [0.4, 0.5) is 0 Å². The lowest BCUT2D eigenvalue weighted by molar-refractivity contribution is -0.184. The number of Topliss-reactive ketones (excluding diaryl/α,β-unsaturated/α-hetero) is 1. The van der Waals surface area contributed by atoms with Gasteiger partial charge in [0.2, 0.25) is 11.2 Å². The van der Waals surface area contributed by atoms with Gasteiger partial charge in [-0.1, -0.05) is 11.1 Å². The van der Waals surface area contributed by atoms with Gasteiger partial charge in [0.15, 0.2) is 11.6 Å². The predicted octanol–water partition coefficient (Wildman–Crippen LogP) is 0.967. The zero-order chi connectivity index (χ0) is 23.5. The smallest absolute Gasteiger partial charge is 0.351 e. The lowest BCUT2D eigenvalue weighted by Crippen LogP contribution is -2.52. The summed E-state index contributed by atoms with van der Waals surface area (Å²) in [5, 5.41) is 10.3. The molecular weight excluding hydrogens is 408 g/mol. The number of fused-ring (bicyclic) bond motifs is 3. The second-order valence-electron chi connectivity index (χ2n) is 8.80. The molecule has 2 aliphatic carbocycles. The van der Waals surface area contributed by atoms with Gasteiger partial charge in [0.05, 0.1) is 5.92 Å². The van der Waals surface area contributed by atoms with Crippen molar-refractivity contribution in [3.8, 4) is 0 Å². The van der Waals surface area contributed by atoms with Gasteiger partial charge < -0.3 is 19.3 Å². The summed E-state index contributed by atoms with van der Waals surface area (Å²) in [7, 11) is 0. The number of hydrogen-bond acceptors (Lipinski definition) is 9. The monoisotopic (exact) mass is 434 g/mol. The van der Waals surface area contributed by atoms with Crippen LogP contribution in [0.3, 0.4) is 0 Å². The number of ketones is 2. The van der Waals surface area contributed by atoms with Crippen LogP contribution in [-0.4, -0.2) is 58.0 Å². The van der Waals surface area contributed by atoms with Crippen LogP contribution in [0.15, 0.2) is 22.8 Å². The minimum Gasteiger partial charge on any atom is -0.459 e. The van der Waals surface area contributed by atoms with E-state index >= 15 is 0 Å². The van der Waals surface area contributed by atoms with Crippen LogP contribution in [0.5, 0.6) is 0 Å². The Morgan fingerprint density at radius 1 is 1.23 bits per heavy atom. The first kappa shape index (κ1) is 22.9. The Labute approximate surface area is 179 Å². The highest BCUT2D eigenvalue weighted by Gasteiger charge is 2.65. The SMILES string of the molecule is CC(=O)O[C@]1(C)C(=O)O[C@H]2[C@@H]3C(C)=CC(=O)C3=C(C)C[C@H](OC(=O)C(C)(O)C(C)=O)[C@H]21. The van der Waals surface area contributed by atoms with E-state index in [-0.39, 0.29) is 12.2 Å². The molecule has 1 unspecified atom stereocenters. The van der Waals surface area contributed by atoms with E-state index in [1.54, 1.807) is 13.8 Å². The minimum atomic E-state index is -2.40. The van der Waals surface area contributed by atoms with Gasteiger partial charge >= 0.3 is 17.9 Å². The first-order valence-corrected chi connectivity index (χ1v) is 9.99. The maximum absolute atomic E-state index is 12.8. The fourth-order valence-electron chi connectivity index (χ4n) is 4.72. The van der Waals surface area contributed by atoms with Crippen molar-refractivity contribution < 1.29 is 43.3 Å². The molecule has 1 saturated heterocycles. The van der Waals surface area contributed by atoms with Gasteiger partial charge in [0, 0.05) is 24.8 Å². The van der Waals surface area contributed by atoms with E-state index < -0.39 is 58.9 Å². The third-order valence-electron chi connectivity index (χ3n) is 6.46. The molecule has 0 bridgehead atoms. The quantitative estimate of drug-likeness (QED) is 0.390. The van der Waals surface area contributed by atoms with Crippen molar-refractivity contribution in [2.45, 2.75) is 71.4 Å². The Balaban J connectivity index is 2.12. The summed E-state index contributed by atoms with van der Waals surface area (Å²) in [4.78, 5) is 61.6. The first-order chi connectivity index (χ1) is 14.2. The molecule has 31 heavy (non-hydrogen) atoms. The Morgan fingerprint density at radius 3 is 2.39 bits per heavy atom. The molecule has 0 aromatic carbocycles. The molecule has 1 N–H and O–H groups in total. The molecule has 0 aromatic rings. The lowest BCUT2D eigenvalue weighted by atomic mass is 9.77. The van der Waals surface area contributed by atoms with E-state index in [2.05, 4.69) is 0 Å². The second-order valence-corrected chi connectivity index (χ2v) is 8.80. The zero-order valence-corrected chi connectivity index (χ0v) is 18.3. The fraction of sp³-hybridized carbons (Fsp3) is 0.591. The van der Waals surface area contributed by atoms with Gasteiger partial charge in [-0.05, 0) is 40.7 Å². The van der Waals surface area contributed by atoms with Crippen molar-refractivity contribution >= 4 is 29.5 Å². The Hall–Kier alpha value is -2.81. The summed E-state index contributed by atoms with van der Waals surface area (Å²) in [5.41, 5.74) is -2.43. The Morgan fingerprint density at radius 2 is 1.84 bits per heavy atom. The molecule has 0 saturated carbocycles. The van der Waals surface area contributed by atoms with Crippen LogP contribution in [0, 0.1) is 11.8 Å². The highest BCUT2D eigenvalue weighted by Crippen LogP contribution is 2.51. The number of esters is 3. The Bertz CT molecular complexity index is 954. The maximum atomic E-state index is 12.8. The normalized spacial score (nSPS) is 34.1. The molecule has 0 aromatic heterocycles. The first-order valence-electron chi connectivity index (χ1n) is 9.99.